The fourth-order valence-electron chi connectivity index (χ4n) is 1.26. The average molecular weight is 222 g/mol. The molecule has 1 aromatic heterocycles. The van der Waals surface area contributed by atoms with Crippen LogP contribution in [0.25, 0.3) is 0 Å². The molecule has 0 amide bonds. The molecule has 2 aromatic rings. The molecule has 0 aliphatic rings. The van der Waals surface area contributed by atoms with Crippen molar-refractivity contribution in [2.75, 3.05) is 0 Å². The third-order valence-corrected chi connectivity index (χ3v) is 2.03. The lowest BCUT2D eigenvalue weighted by atomic mass is 10.3. The fraction of sp³-hybridized carbons (Fsp3) is 0.273. The third kappa shape index (κ3) is 2.18. The first-order valence-electron chi connectivity index (χ1n) is 4.88. The van der Waals surface area contributed by atoms with Crippen molar-refractivity contribution in [2.24, 2.45) is 0 Å². The van der Waals surface area contributed by atoms with Crippen molar-refractivity contribution in [3.63, 3.8) is 0 Å². The standard InChI is InChI=1S/C11H11FN2O2/c1-7(11-14-13-8(2)16-11)15-10-6-4-3-5-9(10)12/h3-7H,1-2H3/t7-/m1/s1. The van der Waals surface area contributed by atoms with Crippen molar-refractivity contribution in [1.82, 2.24) is 10.2 Å². The second kappa shape index (κ2) is 4.30. The van der Waals surface area contributed by atoms with Crippen LogP contribution in [0.2, 0.25) is 0 Å². The van der Waals surface area contributed by atoms with Crippen molar-refractivity contribution in [1.29, 1.82) is 0 Å². The van der Waals surface area contributed by atoms with Crippen LogP contribution in [0, 0.1) is 12.7 Å². The highest BCUT2D eigenvalue weighted by Gasteiger charge is 2.15. The van der Waals surface area contributed by atoms with Gasteiger partial charge in [-0.25, -0.2) is 4.39 Å². The SMILES string of the molecule is Cc1nnc([C@@H](C)Oc2ccccc2F)o1. The first-order valence-corrected chi connectivity index (χ1v) is 4.88. The largest absolute Gasteiger partial charge is 0.478 e. The molecule has 2 rings (SSSR count). The number of nitrogens with zero attached hydrogens (tertiary/aromatic N) is 2. The van der Waals surface area contributed by atoms with Gasteiger partial charge in [0.15, 0.2) is 17.7 Å². The topological polar surface area (TPSA) is 48.2 Å². The van der Waals surface area contributed by atoms with E-state index in [0.29, 0.717) is 11.8 Å². The number of hydrogen-bond acceptors (Lipinski definition) is 4. The predicted molar refractivity (Wildman–Crippen MR) is 54.5 cm³/mol. The quantitative estimate of drug-likeness (QED) is 0.801. The summed E-state index contributed by atoms with van der Waals surface area (Å²) in [7, 11) is 0. The molecule has 0 bridgehead atoms. The highest BCUT2D eigenvalue weighted by molar-refractivity contribution is 5.24. The van der Waals surface area contributed by atoms with E-state index in [-0.39, 0.29) is 5.75 Å². The monoisotopic (exact) mass is 222 g/mol. The Labute approximate surface area is 92.1 Å². The van der Waals surface area contributed by atoms with Gasteiger partial charge in [-0.3, -0.25) is 0 Å². The van der Waals surface area contributed by atoms with Crippen LogP contribution in [-0.4, -0.2) is 10.2 Å². The molecular formula is C11H11FN2O2. The van der Waals surface area contributed by atoms with Gasteiger partial charge in [-0.05, 0) is 19.1 Å². The minimum absolute atomic E-state index is 0.172. The normalized spacial score (nSPS) is 12.4. The van der Waals surface area contributed by atoms with Crippen LogP contribution in [0.15, 0.2) is 28.7 Å². The zero-order chi connectivity index (χ0) is 11.5. The first kappa shape index (κ1) is 10.6. The molecule has 5 heteroatoms. The van der Waals surface area contributed by atoms with Crippen LogP contribution in [0.3, 0.4) is 0 Å². The number of aromatic nitrogens is 2. The van der Waals surface area contributed by atoms with Crippen molar-refractivity contribution in [3.8, 4) is 5.75 Å². The Bertz CT molecular complexity index is 484. The molecule has 0 spiro atoms. The molecule has 0 N–H and O–H groups in total. The van der Waals surface area contributed by atoms with Gasteiger partial charge in [-0.15, -0.1) is 10.2 Å². The number of hydrogen-bond donors (Lipinski definition) is 0. The Hall–Kier alpha value is -1.91. The van der Waals surface area contributed by atoms with Crippen LogP contribution in [0.4, 0.5) is 4.39 Å². The van der Waals surface area contributed by atoms with E-state index in [9.17, 15) is 4.39 Å². The summed E-state index contributed by atoms with van der Waals surface area (Å²) in [6, 6.07) is 6.18. The van der Waals surface area contributed by atoms with Crippen molar-refractivity contribution in [2.45, 2.75) is 20.0 Å². The maximum absolute atomic E-state index is 13.3. The molecule has 16 heavy (non-hydrogen) atoms. The number of halogens is 1. The summed E-state index contributed by atoms with van der Waals surface area (Å²) in [5.41, 5.74) is 0. The molecule has 0 saturated heterocycles. The predicted octanol–water partition coefficient (Wildman–Crippen LogP) is 2.66. The Morgan fingerprint density at radius 3 is 2.69 bits per heavy atom. The summed E-state index contributed by atoms with van der Waals surface area (Å²) < 4.78 is 23.8. The second-order valence-corrected chi connectivity index (χ2v) is 3.35. The van der Waals surface area contributed by atoms with Crippen molar-refractivity contribution in [3.05, 3.63) is 41.9 Å². The Morgan fingerprint density at radius 1 is 1.31 bits per heavy atom. The molecule has 0 unspecified atom stereocenters. The highest BCUT2D eigenvalue weighted by atomic mass is 19.1. The Kier molecular flexibility index (Phi) is 2.85. The van der Waals surface area contributed by atoms with Crippen LogP contribution < -0.4 is 4.74 Å². The van der Waals surface area contributed by atoms with Crippen molar-refractivity contribution >= 4 is 0 Å². The van der Waals surface area contributed by atoms with Gasteiger partial charge >= 0.3 is 0 Å². The average Bonchev–Trinajstić information content (AvgIpc) is 2.68. The van der Waals surface area contributed by atoms with Gasteiger partial charge < -0.3 is 9.15 Å². The number of aryl methyl sites for hydroxylation is 1. The Morgan fingerprint density at radius 2 is 2.06 bits per heavy atom. The summed E-state index contributed by atoms with van der Waals surface area (Å²) >= 11 is 0. The summed E-state index contributed by atoms with van der Waals surface area (Å²) in [5, 5.41) is 7.49. The van der Waals surface area contributed by atoms with Gasteiger partial charge in [-0.1, -0.05) is 12.1 Å². The molecule has 4 nitrogen and oxygen atoms in total. The fourth-order valence-corrected chi connectivity index (χ4v) is 1.26. The van der Waals surface area contributed by atoms with E-state index in [4.69, 9.17) is 9.15 Å². The molecule has 0 aliphatic heterocycles. The van der Waals surface area contributed by atoms with Gasteiger partial charge in [0.2, 0.25) is 5.89 Å². The molecule has 1 atom stereocenters. The molecule has 0 radical (unpaired) electrons. The number of ether oxygens (including phenoxy) is 1. The summed E-state index contributed by atoms with van der Waals surface area (Å²) in [5.74, 6) is 0.552. The van der Waals surface area contributed by atoms with Crippen LogP contribution in [0.1, 0.15) is 24.8 Å². The summed E-state index contributed by atoms with van der Waals surface area (Å²) in [6.07, 6.45) is -0.474. The van der Waals surface area contributed by atoms with E-state index in [2.05, 4.69) is 10.2 Å². The van der Waals surface area contributed by atoms with Gasteiger partial charge in [0.05, 0.1) is 0 Å². The van der Waals surface area contributed by atoms with E-state index in [1.54, 1.807) is 32.0 Å². The van der Waals surface area contributed by atoms with Gasteiger partial charge in [0.25, 0.3) is 5.89 Å². The molecule has 1 aromatic carbocycles. The van der Waals surface area contributed by atoms with Crippen molar-refractivity contribution < 1.29 is 13.5 Å². The van der Waals surface area contributed by atoms with E-state index < -0.39 is 11.9 Å². The summed E-state index contributed by atoms with van der Waals surface area (Å²) in [4.78, 5) is 0. The smallest absolute Gasteiger partial charge is 0.256 e. The zero-order valence-electron chi connectivity index (χ0n) is 8.98. The van der Waals surface area contributed by atoms with Crippen LogP contribution in [-0.2, 0) is 0 Å². The summed E-state index contributed by atoms with van der Waals surface area (Å²) in [6.45, 7) is 3.41. The minimum atomic E-state index is -0.474. The molecular weight excluding hydrogens is 211 g/mol. The lowest BCUT2D eigenvalue weighted by Crippen LogP contribution is -2.04. The van der Waals surface area contributed by atoms with Gasteiger partial charge in [0.1, 0.15) is 0 Å². The van der Waals surface area contributed by atoms with E-state index >= 15 is 0 Å². The first-order chi connectivity index (χ1) is 7.66. The minimum Gasteiger partial charge on any atom is -0.478 e. The highest BCUT2D eigenvalue weighted by Crippen LogP contribution is 2.23. The van der Waals surface area contributed by atoms with Crippen LogP contribution >= 0.6 is 0 Å². The lowest BCUT2D eigenvalue weighted by Gasteiger charge is -2.11. The third-order valence-electron chi connectivity index (χ3n) is 2.03. The zero-order valence-corrected chi connectivity index (χ0v) is 8.98. The maximum atomic E-state index is 13.3. The van der Waals surface area contributed by atoms with Crippen LogP contribution in [0.5, 0.6) is 5.75 Å². The lowest BCUT2D eigenvalue weighted by molar-refractivity contribution is 0.179. The molecule has 0 saturated carbocycles. The Balaban J connectivity index is 2.13. The molecule has 1 heterocycles. The molecule has 84 valence electrons. The maximum Gasteiger partial charge on any atom is 0.256 e. The number of para-hydroxylation sites is 1. The molecule has 0 fully saturated rings. The van der Waals surface area contributed by atoms with E-state index in [0.717, 1.165) is 0 Å². The van der Waals surface area contributed by atoms with Gasteiger partial charge in [0, 0.05) is 6.92 Å². The second-order valence-electron chi connectivity index (χ2n) is 3.35. The van der Waals surface area contributed by atoms with E-state index in [1.807, 2.05) is 0 Å². The molecule has 0 aliphatic carbocycles. The van der Waals surface area contributed by atoms with E-state index in [1.165, 1.54) is 6.07 Å². The van der Waals surface area contributed by atoms with Gasteiger partial charge in [-0.2, -0.15) is 0 Å². The number of rotatable bonds is 3. The number of benzene rings is 1.